The van der Waals surface area contributed by atoms with Crippen molar-refractivity contribution < 1.29 is 14.1 Å². The second kappa shape index (κ2) is 6.48. The summed E-state index contributed by atoms with van der Waals surface area (Å²) in [5.74, 6) is 0.711. The SMILES string of the molecule is CN(C)[C@@H]1CC[C@@H]2[C@H](C1)OCCN2C(=O)c1cc(C(C)(C)C)on1. The molecule has 1 aromatic heterocycles. The van der Waals surface area contributed by atoms with Crippen LogP contribution in [-0.4, -0.2) is 66.3 Å². The van der Waals surface area contributed by atoms with Crippen molar-refractivity contribution in [3.05, 3.63) is 17.5 Å². The van der Waals surface area contributed by atoms with Crippen LogP contribution >= 0.6 is 0 Å². The van der Waals surface area contributed by atoms with Gasteiger partial charge in [0.15, 0.2) is 5.69 Å². The van der Waals surface area contributed by atoms with Crippen molar-refractivity contribution in [1.29, 1.82) is 0 Å². The van der Waals surface area contributed by atoms with Gasteiger partial charge in [0.25, 0.3) is 5.91 Å². The molecule has 6 nitrogen and oxygen atoms in total. The molecule has 2 aliphatic rings. The van der Waals surface area contributed by atoms with E-state index in [-0.39, 0.29) is 23.5 Å². The standard InChI is InChI=1S/C18H29N3O3/c1-18(2,3)16-11-13(19-24-16)17(22)21-8-9-23-15-10-12(20(4)5)6-7-14(15)21/h11-12,14-15H,6-10H2,1-5H3/t12-,14-,15+/m1/s1. The molecule has 1 aliphatic heterocycles. The Morgan fingerprint density at radius 1 is 1.33 bits per heavy atom. The number of morpholine rings is 1. The Labute approximate surface area is 144 Å². The molecule has 1 aromatic rings. The second-order valence-electron chi connectivity index (χ2n) is 8.23. The first-order valence-corrected chi connectivity index (χ1v) is 8.83. The minimum absolute atomic E-state index is 0.0316. The van der Waals surface area contributed by atoms with Gasteiger partial charge in [0.1, 0.15) is 5.76 Å². The Hall–Kier alpha value is -1.40. The van der Waals surface area contributed by atoms with Gasteiger partial charge < -0.3 is 19.1 Å². The van der Waals surface area contributed by atoms with E-state index in [9.17, 15) is 4.79 Å². The summed E-state index contributed by atoms with van der Waals surface area (Å²) in [6.45, 7) is 7.38. The topological polar surface area (TPSA) is 58.8 Å². The maximum absolute atomic E-state index is 12.9. The molecule has 0 N–H and O–H groups in total. The van der Waals surface area contributed by atoms with Crippen LogP contribution in [0.25, 0.3) is 0 Å². The minimum Gasteiger partial charge on any atom is -0.374 e. The van der Waals surface area contributed by atoms with E-state index in [0.717, 1.165) is 25.0 Å². The molecule has 0 unspecified atom stereocenters. The van der Waals surface area contributed by atoms with E-state index in [1.54, 1.807) is 6.07 Å². The molecule has 1 saturated carbocycles. The van der Waals surface area contributed by atoms with Crippen molar-refractivity contribution in [3.8, 4) is 0 Å². The maximum atomic E-state index is 12.9. The molecule has 24 heavy (non-hydrogen) atoms. The Balaban J connectivity index is 1.74. The average molecular weight is 335 g/mol. The number of aromatic nitrogens is 1. The summed E-state index contributed by atoms with van der Waals surface area (Å²) in [5, 5.41) is 4.02. The highest BCUT2D eigenvalue weighted by Crippen LogP contribution is 2.32. The van der Waals surface area contributed by atoms with E-state index in [1.807, 2.05) is 4.90 Å². The molecule has 6 heteroatoms. The zero-order valence-electron chi connectivity index (χ0n) is 15.4. The number of rotatable bonds is 2. The normalized spacial score (nSPS) is 28.1. The predicted molar refractivity (Wildman–Crippen MR) is 91.1 cm³/mol. The van der Waals surface area contributed by atoms with Gasteiger partial charge in [0.05, 0.1) is 18.8 Å². The van der Waals surface area contributed by atoms with Crippen LogP contribution in [0.5, 0.6) is 0 Å². The average Bonchev–Trinajstić information content (AvgIpc) is 3.03. The van der Waals surface area contributed by atoms with Gasteiger partial charge in [-0.2, -0.15) is 0 Å². The quantitative estimate of drug-likeness (QED) is 0.830. The number of hydrogen-bond acceptors (Lipinski definition) is 5. The molecule has 0 radical (unpaired) electrons. The summed E-state index contributed by atoms with van der Waals surface area (Å²) in [4.78, 5) is 17.2. The van der Waals surface area contributed by atoms with Gasteiger partial charge in [-0.15, -0.1) is 0 Å². The van der Waals surface area contributed by atoms with Crippen molar-refractivity contribution in [3.63, 3.8) is 0 Å². The van der Waals surface area contributed by atoms with Crippen LogP contribution < -0.4 is 0 Å². The lowest BCUT2D eigenvalue weighted by Crippen LogP contribution is -2.57. The predicted octanol–water partition coefficient (Wildman–Crippen LogP) is 2.30. The van der Waals surface area contributed by atoms with Crippen LogP contribution in [0.2, 0.25) is 0 Å². The van der Waals surface area contributed by atoms with E-state index in [4.69, 9.17) is 9.26 Å². The van der Waals surface area contributed by atoms with Crippen LogP contribution in [0, 0.1) is 0 Å². The van der Waals surface area contributed by atoms with Crippen molar-refractivity contribution >= 4 is 5.91 Å². The summed E-state index contributed by atoms with van der Waals surface area (Å²) < 4.78 is 11.4. The summed E-state index contributed by atoms with van der Waals surface area (Å²) >= 11 is 0. The summed E-state index contributed by atoms with van der Waals surface area (Å²) in [7, 11) is 4.22. The van der Waals surface area contributed by atoms with Gasteiger partial charge in [-0.3, -0.25) is 4.79 Å². The third-order valence-corrected chi connectivity index (χ3v) is 5.25. The van der Waals surface area contributed by atoms with Crippen molar-refractivity contribution in [2.75, 3.05) is 27.2 Å². The van der Waals surface area contributed by atoms with Gasteiger partial charge in [-0.05, 0) is 33.4 Å². The summed E-state index contributed by atoms with van der Waals surface area (Å²) in [5.41, 5.74) is 0.262. The molecule has 134 valence electrons. The lowest BCUT2D eigenvalue weighted by Gasteiger charge is -2.46. The molecule has 2 fully saturated rings. The van der Waals surface area contributed by atoms with Gasteiger partial charge in [0, 0.05) is 24.1 Å². The lowest BCUT2D eigenvalue weighted by atomic mass is 9.86. The zero-order chi connectivity index (χ0) is 17.5. The number of carbonyl (C=O) groups excluding carboxylic acids is 1. The molecule has 3 rings (SSSR count). The van der Waals surface area contributed by atoms with Gasteiger partial charge in [0.2, 0.25) is 0 Å². The smallest absolute Gasteiger partial charge is 0.276 e. The fourth-order valence-electron chi connectivity index (χ4n) is 3.69. The third-order valence-electron chi connectivity index (χ3n) is 5.25. The number of fused-ring (bicyclic) bond motifs is 1. The minimum atomic E-state index is -0.150. The van der Waals surface area contributed by atoms with Gasteiger partial charge in [-0.25, -0.2) is 0 Å². The lowest BCUT2D eigenvalue weighted by molar-refractivity contribution is -0.0879. The molecule has 1 aliphatic carbocycles. The Morgan fingerprint density at radius 3 is 2.71 bits per heavy atom. The third kappa shape index (κ3) is 3.35. The van der Waals surface area contributed by atoms with E-state index in [1.165, 1.54) is 0 Å². The Bertz CT molecular complexity index is 591. The maximum Gasteiger partial charge on any atom is 0.276 e. The van der Waals surface area contributed by atoms with Crippen molar-refractivity contribution in [1.82, 2.24) is 15.0 Å². The van der Waals surface area contributed by atoms with Crippen LogP contribution in [0.15, 0.2) is 10.6 Å². The number of hydrogen-bond donors (Lipinski definition) is 0. The second-order valence-corrected chi connectivity index (χ2v) is 8.23. The molecule has 0 bridgehead atoms. The first-order chi connectivity index (χ1) is 11.3. The van der Waals surface area contributed by atoms with Crippen LogP contribution in [0.4, 0.5) is 0 Å². The van der Waals surface area contributed by atoms with E-state index >= 15 is 0 Å². The Kier molecular flexibility index (Phi) is 4.71. The monoisotopic (exact) mass is 335 g/mol. The molecule has 0 aromatic carbocycles. The van der Waals surface area contributed by atoms with Crippen molar-refractivity contribution in [2.45, 2.75) is 63.6 Å². The first kappa shape index (κ1) is 17.4. The fourth-order valence-corrected chi connectivity index (χ4v) is 3.69. The number of nitrogens with zero attached hydrogens (tertiary/aromatic N) is 3. The van der Waals surface area contributed by atoms with Gasteiger partial charge >= 0.3 is 0 Å². The highest BCUT2D eigenvalue weighted by atomic mass is 16.5. The summed E-state index contributed by atoms with van der Waals surface area (Å²) in [6, 6.07) is 2.47. The molecule has 2 heterocycles. The van der Waals surface area contributed by atoms with E-state index in [2.05, 4.69) is 44.9 Å². The molecule has 1 saturated heterocycles. The van der Waals surface area contributed by atoms with E-state index in [0.29, 0.717) is 24.9 Å². The number of ether oxygens (including phenoxy) is 1. The first-order valence-electron chi connectivity index (χ1n) is 8.83. The zero-order valence-corrected chi connectivity index (χ0v) is 15.4. The molecule has 0 spiro atoms. The molecule has 3 atom stereocenters. The van der Waals surface area contributed by atoms with Crippen molar-refractivity contribution in [2.24, 2.45) is 0 Å². The summed E-state index contributed by atoms with van der Waals surface area (Å²) in [6.07, 6.45) is 3.17. The molecule has 1 amide bonds. The highest BCUT2D eigenvalue weighted by molar-refractivity contribution is 5.92. The fraction of sp³-hybridized carbons (Fsp3) is 0.778. The molecular formula is C18H29N3O3. The number of carbonyl (C=O) groups is 1. The van der Waals surface area contributed by atoms with E-state index < -0.39 is 0 Å². The van der Waals surface area contributed by atoms with Crippen LogP contribution in [0.3, 0.4) is 0 Å². The highest BCUT2D eigenvalue weighted by Gasteiger charge is 2.41. The molecular weight excluding hydrogens is 306 g/mol. The van der Waals surface area contributed by atoms with Gasteiger partial charge in [-0.1, -0.05) is 25.9 Å². The number of amides is 1. The van der Waals surface area contributed by atoms with Crippen LogP contribution in [0.1, 0.15) is 56.3 Å². The Morgan fingerprint density at radius 2 is 2.08 bits per heavy atom. The largest absolute Gasteiger partial charge is 0.374 e. The van der Waals surface area contributed by atoms with Crippen LogP contribution in [-0.2, 0) is 10.2 Å².